The third-order valence-corrected chi connectivity index (χ3v) is 2.60. The average molecular weight is 325 g/mol. The summed E-state index contributed by atoms with van der Waals surface area (Å²) in [4.78, 5) is 30.0. The van der Waals surface area contributed by atoms with Gasteiger partial charge >= 0.3 is 11.9 Å². The van der Waals surface area contributed by atoms with Crippen LogP contribution >= 0.6 is 0 Å². The van der Waals surface area contributed by atoms with Gasteiger partial charge in [0.2, 0.25) is 0 Å². The first kappa shape index (κ1) is 22.7. The number of carbonyl (C=O) groups is 3. The van der Waals surface area contributed by atoms with Crippen LogP contribution in [0.3, 0.4) is 0 Å². The molecule has 0 saturated heterocycles. The summed E-state index contributed by atoms with van der Waals surface area (Å²) in [5, 5.41) is 51.5. The normalized spacial score (nSPS) is 17.2. The number of carboxylic acid groups (broad SMARTS) is 2. The predicted octanol–water partition coefficient (Wildman–Crippen LogP) is -2.70. The Hall–Kier alpha value is -1.59. The third-order valence-electron chi connectivity index (χ3n) is 2.60. The lowest BCUT2D eigenvalue weighted by Gasteiger charge is -2.21. The number of aliphatic carboxylic acids is 2. The minimum absolute atomic E-state index is 0.0809. The Morgan fingerprint density at radius 3 is 1.86 bits per heavy atom. The summed E-state index contributed by atoms with van der Waals surface area (Å²) in [6.45, 7) is 2.01. The van der Waals surface area contributed by atoms with Crippen LogP contribution < -0.4 is 5.73 Å². The molecule has 0 aromatic carbocycles. The zero-order chi connectivity index (χ0) is 17.9. The number of aliphatic hydroxyl groups excluding tert-OH is 4. The van der Waals surface area contributed by atoms with Gasteiger partial charge in [0.1, 0.15) is 24.4 Å². The van der Waals surface area contributed by atoms with Gasteiger partial charge in [-0.25, -0.2) is 4.79 Å². The zero-order valence-corrected chi connectivity index (χ0v) is 12.1. The maximum atomic E-state index is 10.1. The molecule has 0 saturated carbocycles. The predicted molar refractivity (Wildman–Crippen MR) is 72.9 cm³/mol. The number of aldehydes is 1. The van der Waals surface area contributed by atoms with E-state index in [0.717, 1.165) is 12.8 Å². The van der Waals surface area contributed by atoms with Gasteiger partial charge in [-0.15, -0.1) is 0 Å². The maximum Gasteiger partial charge on any atom is 0.335 e. The third kappa shape index (κ3) is 9.37. The fourth-order valence-corrected chi connectivity index (χ4v) is 1.16. The van der Waals surface area contributed by atoms with Crippen molar-refractivity contribution >= 4 is 18.2 Å². The van der Waals surface area contributed by atoms with Crippen LogP contribution in [-0.4, -0.2) is 79.3 Å². The lowest BCUT2D eigenvalue weighted by molar-refractivity contribution is -0.163. The largest absolute Gasteiger partial charge is 0.480 e. The molecule has 22 heavy (non-hydrogen) atoms. The lowest BCUT2D eigenvalue weighted by atomic mass is 10.0. The SMILES string of the molecule is CCCCC(N)C(=O)O.O=C[C@H](O)[C@@H](O)[C@H](O)[C@H](O)C(=O)O. The van der Waals surface area contributed by atoms with Crippen LogP contribution in [0.5, 0.6) is 0 Å². The topological polar surface area (TPSA) is 199 Å². The van der Waals surface area contributed by atoms with E-state index in [-0.39, 0.29) is 6.29 Å². The zero-order valence-electron chi connectivity index (χ0n) is 12.1. The van der Waals surface area contributed by atoms with E-state index in [1.807, 2.05) is 6.92 Å². The van der Waals surface area contributed by atoms with Crippen LogP contribution in [0.15, 0.2) is 0 Å². The van der Waals surface area contributed by atoms with E-state index >= 15 is 0 Å². The van der Waals surface area contributed by atoms with Crippen molar-refractivity contribution in [1.29, 1.82) is 0 Å². The second-order valence-electron chi connectivity index (χ2n) is 4.48. The second kappa shape index (κ2) is 12.0. The number of carboxylic acids is 2. The molecule has 0 fully saturated rings. The number of carbonyl (C=O) groups excluding carboxylic acids is 1. The first-order valence-corrected chi connectivity index (χ1v) is 6.48. The first-order valence-electron chi connectivity index (χ1n) is 6.48. The highest BCUT2D eigenvalue weighted by Gasteiger charge is 2.33. The lowest BCUT2D eigenvalue weighted by Crippen LogP contribution is -2.48. The average Bonchev–Trinajstić information content (AvgIpc) is 2.49. The highest BCUT2D eigenvalue weighted by Crippen LogP contribution is 2.03. The van der Waals surface area contributed by atoms with Gasteiger partial charge in [-0.05, 0) is 6.42 Å². The molecule has 0 aliphatic heterocycles. The van der Waals surface area contributed by atoms with Crippen molar-refractivity contribution in [3.8, 4) is 0 Å². The molecule has 0 spiro atoms. The Morgan fingerprint density at radius 2 is 1.55 bits per heavy atom. The molecule has 10 heteroatoms. The van der Waals surface area contributed by atoms with E-state index in [2.05, 4.69) is 0 Å². The van der Waals surface area contributed by atoms with E-state index in [1.54, 1.807) is 0 Å². The summed E-state index contributed by atoms with van der Waals surface area (Å²) < 4.78 is 0. The smallest absolute Gasteiger partial charge is 0.335 e. The van der Waals surface area contributed by atoms with Crippen molar-refractivity contribution in [2.24, 2.45) is 5.73 Å². The Kier molecular flexibility index (Phi) is 12.4. The van der Waals surface area contributed by atoms with Gasteiger partial charge in [-0.2, -0.15) is 0 Å². The molecule has 0 heterocycles. The van der Waals surface area contributed by atoms with Crippen LogP contribution in [0.2, 0.25) is 0 Å². The summed E-state index contributed by atoms with van der Waals surface area (Å²) in [5.74, 6) is -2.66. The molecule has 130 valence electrons. The molecule has 0 rings (SSSR count). The highest BCUT2D eigenvalue weighted by atomic mass is 16.4. The monoisotopic (exact) mass is 325 g/mol. The molecule has 0 radical (unpaired) electrons. The van der Waals surface area contributed by atoms with Gasteiger partial charge in [0, 0.05) is 0 Å². The fraction of sp³-hybridized carbons (Fsp3) is 0.750. The molecule has 0 aromatic heterocycles. The Morgan fingerprint density at radius 1 is 1.05 bits per heavy atom. The molecule has 0 bridgehead atoms. The molecule has 0 aliphatic carbocycles. The number of hydrogen-bond acceptors (Lipinski definition) is 8. The van der Waals surface area contributed by atoms with Crippen molar-refractivity contribution in [3.63, 3.8) is 0 Å². The van der Waals surface area contributed by atoms with E-state index in [4.69, 9.17) is 36.4 Å². The number of rotatable bonds is 9. The van der Waals surface area contributed by atoms with E-state index in [9.17, 15) is 14.4 Å². The van der Waals surface area contributed by atoms with Gasteiger partial charge in [0.15, 0.2) is 12.4 Å². The van der Waals surface area contributed by atoms with Gasteiger partial charge in [-0.1, -0.05) is 19.8 Å². The quantitative estimate of drug-likeness (QED) is 0.219. The Balaban J connectivity index is 0. The van der Waals surface area contributed by atoms with Crippen molar-refractivity contribution < 1.29 is 45.0 Å². The molecule has 5 atom stereocenters. The second-order valence-corrected chi connectivity index (χ2v) is 4.48. The van der Waals surface area contributed by atoms with Crippen LogP contribution in [0.1, 0.15) is 26.2 Å². The van der Waals surface area contributed by atoms with Gasteiger partial charge < -0.3 is 41.2 Å². The molecule has 8 N–H and O–H groups in total. The van der Waals surface area contributed by atoms with Gasteiger partial charge in [0.25, 0.3) is 0 Å². The van der Waals surface area contributed by atoms with E-state index in [0.29, 0.717) is 6.42 Å². The molecular weight excluding hydrogens is 302 g/mol. The van der Waals surface area contributed by atoms with Gasteiger partial charge in [0.05, 0.1) is 0 Å². The molecule has 0 amide bonds. The van der Waals surface area contributed by atoms with Crippen LogP contribution in [0.25, 0.3) is 0 Å². The summed E-state index contributed by atoms with van der Waals surface area (Å²) in [6, 6.07) is -0.662. The van der Waals surface area contributed by atoms with Crippen LogP contribution in [0, 0.1) is 0 Å². The van der Waals surface area contributed by atoms with Crippen molar-refractivity contribution in [3.05, 3.63) is 0 Å². The van der Waals surface area contributed by atoms with E-state index in [1.165, 1.54) is 0 Å². The van der Waals surface area contributed by atoms with Crippen molar-refractivity contribution in [1.82, 2.24) is 0 Å². The molecule has 10 nitrogen and oxygen atoms in total. The van der Waals surface area contributed by atoms with Crippen molar-refractivity contribution in [2.75, 3.05) is 0 Å². The first-order chi connectivity index (χ1) is 10.1. The number of aliphatic hydroxyl groups is 4. The summed E-state index contributed by atoms with van der Waals surface area (Å²) in [6.07, 6.45) is -5.90. The Labute approximate surface area is 126 Å². The molecule has 0 aliphatic rings. The molecule has 1 unspecified atom stereocenters. The van der Waals surface area contributed by atoms with E-state index < -0.39 is 42.4 Å². The summed E-state index contributed by atoms with van der Waals surface area (Å²) in [5.41, 5.74) is 5.20. The number of unbranched alkanes of at least 4 members (excludes halogenated alkanes) is 1. The maximum absolute atomic E-state index is 10.1. The molecule has 0 aromatic rings. The van der Waals surface area contributed by atoms with Gasteiger partial charge in [-0.3, -0.25) is 4.79 Å². The molecular formula is C12H23NO9. The summed E-state index contributed by atoms with van der Waals surface area (Å²) >= 11 is 0. The van der Waals surface area contributed by atoms with Crippen molar-refractivity contribution in [2.45, 2.75) is 56.6 Å². The Bertz CT molecular complexity index is 349. The fourth-order valence-electron chi connectivity index (χ4n) is 1.16. The highest BCUT2D eigenvalue weighted by molar-refractivity contribution is 5.73. The standard InChI is InChI=1S/C6H13NO2.C6H10O7/c1-2-3-4-5(7)6(8)9;7-1-2(8)3(9)4(10)5(11)6(12)13/h5H,2-4,7H2,1H3,(H,8,9);1-5,8-11H,(H,12,13)/t;2-,3+,4-,5-/m.0/s1. The number of nitrogens with two attached hydrogens (primary N) is 1. The minimum Gasteiger partial charge on any atom is -0.480 e. The van der Waals surface area contributed by atoms with Crippen LogP contribution in [0.4, 0.5) is 0 Å². The summed E-state index contributed by atoms with van der Waals surface area (Å²) in [7, 11) is 0. The number of hydrogen-bond donors (Lipinski definition) is 7. The van der Waals surface area contributed by atoms with Crippen LogP contribution in [-0.2, 0) is 14.4 Å². The minimum atomic E-state index is -2.25.